The van der Waals surface area contributed by atoms with Gasteiger partial charge in [-0.15, -0.1) is 11.3 Å². The zero-order chi connectivity index (χ0) is 18.1. The minimum Gasteiger partial charge on any atom is -0.388 e. The molecule has 0 unspecified atom stereocenters. The Morgan fingerprint density at radius 1 is 1.35 bits per heavy atom. The van der Waals surface area contributed by atoms with Gasteiger partial charge in [-0.3, -0.25) is 4.90 Å². The number of hydrogen-bond acceptors (Lipinski definition) is 4. The van der Waals surface area contributed by atoms with Crippen LogP contribution < -0.4 is 0 Å². The molecule has 0 spiro atoms. The average molecular weight is 373 g/mol. The van der Waals surface area contributed by atoms with Crippen LogP contribution in [0.15, 0.2) is 35.7 Å². The first-order chi connectivity index (χ1) is 12.7. The van der Waals surface area contributed by atoms with Gasteiger partial charge in [-0.05, 0) is 56.3 Å². The van der Waals surface area contributed by atoms with Crippen LogP contribution in [0.5, 0.6) is 0 Å². The molecular weight excluding hydrogens is 349 g/mol. The van der Waals surface area contributed by atoms with Crippen LogP contribution in [0.4, 0.5) is 4.39 Å². The van der Waals surface area contributed by atoms with Gasteiger partial charge in [-0.1, -0.05) is 12.1 Å². The van der Waals surface area contributed by atoms with E-state index in [4.69, 9.17) is 0 Å². The maximum atomic E-state index is 14.1. The molecule has 2 atom stereocenters. The molecule has 1 aromatic carbocycles. The Balaban J connectivity index is 1.54. The first-order valence-corrected chi connectivity index (χ1v) is 10.1. The summed E-state index contributed by atoms with van der Waals surface area (Å²) in [5.41, 5.74) is 1.32. The van der Waals surface area contributed by atoms with Crippen molar-refractivity contribution in [2.24, 2.45) is 0 Å². The number of fused-ring (bicyclic) bond motifs is 1. The maximum absolute atomic E-state index is 14.1. The fraction of sp³-hybridized carbons (Fsp3) is 0.450. The summed E-state index contributed by atoms with van der Waals surface area (Å²) in [4.78, 5) is 8.01. The molecule has 26 heavy (non-hydrogen) atoms. The number of aromatic nitrogens is 2. The van der Waals surface area contributed by atoms with Gasteiger partial charge in [0.2, 0.25) is 0 Å². The number of aliphatic hydroxyl groups is 1. The number of halogens is 1. The molecule has 138 valence electrons. The molecule has 4 rings (SSSR count). The summed E-state index contributed by atoms with van der Waals surface area (Å²) >= 11 is 1.60. The van der Waals surface area contributed by atoms with Gasteiger partial charge in [-0.25, -0.2) is 9.37 Å². The van der Waals surface area contributed by atoms with E-state index in [9.17, 15) is 9.50 Å². The Labute approximate surface area is 156 Å². The molecule has 0 saturated carbocycles. The third kappa shape index (κ3) is 3.29. The van der Waals surface area contributed by atoms with Gasteiger partial charge >= 0.3 is 0 Å². The highest BCUT2D eigenvalue weighted by Gasteiger charge is 2.29. The lowest BCUT2D eigenvalue weighted by Gasteiger charge is -2.26. The molecule has 3 aromatic rings. The molecule has 1 saturated heterocycles. The van der Waals surface area contributed by atoms with Crippen molar-refractivity contribution in [3.8, 4) is 0 Å². The van der Waals surface area contributed by atoms with Crippen molar-refractivity contribution >= 4 is 22.4 Å². The first kappa shape index (κ1) is 17.6. The van der Waals surface area contributed by atoms with Crippen LogP contribution in [0.25, 0.3) is 11.0 Å². The highest BCUT2D eigenvalue weighted by molar-refractivity contribution is 7.10. The smallest absolute Gasteiger partial charge is 0.151 e. The normalized spacial score (nSPS) is 19.4. The Morgan fingerprint density at radius 3 is 3.00 bits per heavy atom. The summed E-state index contributed by atoms with van der Waals surface area (Å²) in [6, 6.07) is 9.45. The van der Waals surface area contributed by atoms with Crippen molar-refractivity contribution < 1.29 is 9.50 Å². The number of benzene rings is 1. The van der Waals surface area contributed by atoms with Crippen LogP contribution >= 0.6 is 11.3 Å². The molecule has 0 aliphatic carbocycles. The van der Waals surface area contributed by atoms with E-state index in [1.807, 2.05) is 23.6 Å². The van der Waals surface area contributed by atoms with Crippen molar-refractivity contribution in [2.75, 3.05) is 6.54 Å². The fourth-order valence-electron chi connectivity index (χ4n) is 4.04. The van der Waals surface area contributed by atoms with Crippen molar-refractivity contribution in [1.82, 2.24) is 14.5 Å². The average Bonchev–Trinajstić information content (AvgIpc) is 3.36. The van der Waals surface area contributed by atoms with Crippen LogP contribution in [-0.4, -0.2) is 32.1 Å². The molecule has 0 bridgehead atoms. The summed E-state index contributed by atoms with van der Waals surface area (Å²) in [5.74, 6) is 0.646. The Morgan fingerprint density at radius 2 is 2.23 bits per heavy atom. The second kappa shape index (κ2) is 7.47. The van der Waals surface area contributed by atoms with Crippen LogP contribution in [-0.2, 0) is 13.1 Å². The van der Waals surface area contributed by atoms with E-state index in [0.717, 1.165) is 48.6 Å². The number of likely N-dealkylation sites (tertiary alicyclic amines) is 1. The quantitative estimate of drug-likeness (QED) is 0.699. The lowest BCUT2D eigenvalue weighted by atomic mass is 10.1. The van der Waals surface area contributed by atoms with Crippen LogP contribution in [0.3, 0.4) is 0 Å². The molecule has 1 fully saturated rings. The predicted octanol–water partition coefficient (Wildman–Crippen LogP) is 4.34. The largest absolute Gasteiger partial charge is 0.388 e. The summed E-state index contributed by atoms with van der Waals surface area (Å²) in [7, 11) is 0. The zero-order valence-electron chi connectivity index (χ0n) is 14.9. The number of aliphatic hydroxyl groups excluding tert-OH is 1. The van der Waals surface area contributed by atoms with Crippen molar-refractivity contribution in [1.29, 1.82) is 0 Å². The lowest BCUT2D eigenvalue weighted by molar-refractivity contribution is 0.119. The first-order valence-electron chi connectivity index (χ1n) is 9.26. The van der Waals surface area contributed by atoms with E-state index in [2.05, 4.69) is 21.4 Å². The third-order valence-electron chi connectivity index (χ3n) is 5.34. The molecule has 4 nitrogen and oxygen atoms in total. The van der Waals surface area contributed by atoms with E-state index in [-0.39, 0.29) is 5.82 Å². The number of thiophene rings is 1. The second-order valence-electron chi connectivity index (χ2n) is 6.91. The maximum Gasteiger partial charge on any atom is 0.151 e. The Bertz CT molecular complexity index is 877. The van der Waals surface area contributed by atoms with Crippen LogP contribution in [0.1, 0.15) is 43.0 Å². The minimum atomic E-state index is -0.414. The van der Waals surface area contributed by atoms with Crippen molar-refractivity contribution in [3.05, 3.63) is 52.2 Å². The second-order valence-corrected chi connectivity index (χ2v) is 7.89. The van der Waals surface area contributed by atoms with Gasteiger partial charge in [0, 0.05) is 17.5 Å². The number of rotatable bonds is 6. The van der Waals surface area contributed by atoms with Crippen LogP contribution in [0, 0.1) is 5.82 Å². The minimum absolute atomic E-state index is 0.262. The number of para-hydroxylation sites is 1. The third-order valence-corrected chi connectivity index (χ3v) is 6.31. The monoisotopic (exact) mass is 373 g/mol. The topological polar surface area (TPSA) is 41.3 Å². The fourth-order valence-corrected chi connectivity index (χ4v) is 4.77. The van der Waals surface area contributed by atoms with Gasteiger partial charge in [0.25, 0.3) is 0 Å². The molecule has 1 N–H and O–H groups in total. The number of imidazole rings is 1. The molecule has 1 aliphatic rings. The molecule has 1 aliphatic heterocycles. The highest BCUT2D eigenvalue weighted by atomic mass is 32.1. The Kier molecular flexibility index (Phi) is 5.07. The number of hydrogen-bond donors (Lipinski definition) is 1. The number of nitrogens with zero attached hydrogens (tertiary/aromatic N) is 3. The number of aryl methyl sites for hydroxylation is 1. The molecule has 3 heterocycles. The van der Waals surface area contributed by atoms with Crippen LogP contribution in [0.2, 0.25) is 0 Å². The molecule has 6 heteroatoms. The molecule has 2 aromatic heterocycles. The van der Waals surface area contributed by atoms with Gasteiger partial charge in [-0.2, -0.15) is 0 Å². The van der Waals surface area contributed by atoms with E-state index >= 15 is 0 Å². The summed E-state index contributed by atoms with van der Waals surface area (Å²) in [6.07, 6.45) is 2.54. The SMILES string of the molecule is CCn1c(CN2CCC[C@H]2C[C@H](O)c2cccs2)nc2c(F)cccc21. The summed E-state index contributed by atoms with van der Waals surface area (Å²) < 4.78 is 16.2. The summed E-state index contributed by atoms with van der Waals surface area (Å²) in [5, 5.41) is 12.5. The lowest BCUT2D eigenvalue weighted by Crippen LogP contribution is -2.31. The predicted molar refractivity (Wildman–Crippen MR) is 103 cm³/mol. The van der Waals surface area contributed by atoms with E-state index in [0.29, 0.717) is 18.1 Å². The van der Waals surface area contributed by atoms with Gasteiger partial charge in [0.15, 0.2) is 5.82 Å². The molecule has 0 amide bonds. The zero-order valence-corrected chi connectivity index (χ0v) is 15.8. The molecular formula is C20H24FN3OS. The van der Waals surface area contributed by atoms with E-state index in [1.165, 1.54) is 6.07 Å². The highest BCUT2D eigenvalue weighted by Crippen LogP contribution is 2.31. The van der Waals surface area contributed by atoms with Gasteiger partial charge < -0.3 is 9.67 Å². The van der Waals surface area contributed by atoms with E-state index < -0.39 is 6.10 Å². The van der Waals surface area contributed by atoms with Gasteiger partial charge in [0.05, 0.1) is 18.2 Å². The van der Waals surface area contributed by atoms with Gasteiger partial charge in [0.1, 0.15) is 11.3 Å². The van der Waals surface area contributed by atoms with Crippen molar-refractivity contribution in [3.63, 3.8) is 0 Å². The summed E-state index contributed by atoms with van der Waals surface area (Å²) in [6.45, 7) is 4.53. The Hall–Kier alpha value is -1.76. The molecule has 0 radical (unpaired) electrons. The van der Waals surface area contributed by atoms with E-state index in [1.54, 1.807) is 17.4 Å². The van der Waals surface area contributed by atoms with Crippen molar-refractivity contribution in [2.45, 2.75) is 51.4 Å². The standard InChI is InChI=1S/C20H24FN3OS/c1-2-24-16-8-3-7-15(21)20(16)22-19(24)13-23-10-4-6-14(23)12-17(25)18-9-5-11-26-18/h3,5,7-9,11,14,17,25H,2,4,6,10,12-13H2,1H3/t14-,17-/m0/s1.